The van der Waals surface area contributed by atoms with E-state index in [2.05, 4.69) is 4.74 Å². The summed E-state index contributed by atoms with van der Waals surface area (Å²) in [5.41, 5.74) is 0.317. The van der Waals surface area contributed by atoms with Crippen molar-refractivity contribution in [1.82, 2.24) is 4.90 Å². The van der Waals surface area contributed by atoms with Crippen LogP contribution in [0, 0.1) is 0 Å². The van der Waals surface area contributed by atoms with E-state index < -0.39 is 6.61 Å². The molecule has 0 aliphatic carbocycles. The predicted molar refractivity (Wildman–Crippen MR) is 96.0 cm³/mol. The third kappa shape index (κ3) is 4.90. The second-order valence-electron chi connectivity index (χ2n) is 4.94. The number of amides is 1. The Morgan fingerprint density at radius 1 is 1.36 bits per heavy atom. The Hall–Kier alpha value is -1.71. The monoisotopic (exact) mass is 389 g/mol. The highest BCUT2D eigenvalue weighted by atomic mass is 32.2. The third-order valence-corrected chi connectivity index (χ3v) is 4.70. The first-order chi connectivity index (χ1) is 12.0. The quantitative estimate of drug-likeness (QED) is 0.385. The van der Waals surface area contributed by atoms with Crippen LogP contribution in [0.15, 0.2) is 23.1 Å². The van der Waals surface area contributed by atoms with Crippen LogP contribution in [0.2, 0.25) is 0 Å². The van der Waals surface area contributed by atoms with Gasteiger partial charge in [0.15, 0.2) is 11.5 Å². The first kappa shape index (κ1) is 19.6. The van der Waals surface area contributed by atoms with Crippen LogP contribution >= 0.6 is 24.0 Å². The van der Waals surface area contributed by atoms with Crippen LogP contribution in [0.5, 0.6) is 11.5 Å². The fraction of sp³-hybridized carbons (Fsp3) is 0.375. The number of halogens is 2. The number of methoxy groups -OCH3 is 2. The highest BCUT2D eigenvalue weighted by Crippen LogP contribution is 2.38. The summed E-state index contributed by atoms with van der Waals surface area (Å²) >= 11 is 6.34. The fourth-order valence-corrected chi connectivity index (χ4v) is 3.52. The molecule has 0 aromatic heterocycles. The summed E-state index contributed by atoms with van der Waals surface area (Å²) in [4.78, 5) is 14.3. The highest BCUT2D eigenvalue weighted by molar-refractivity contribution is 8.26. The van der Waals surface area contributed by atoms with Crippen LogP contribution < -0.4 is 9.47 Å². The molecule has 0 spiro atoms. The Morgan fingerprint density at radius 2 is 2.12 bits per heavy atom. The minimum absolute atomic E-state index is 0.121. The van der Waals surface area contributed by atoms with Crippen molar-refractivity contribution in [2.24, 2.45) is 0 Å². The molecule has 1 aromatic carbocycles. The van der Waals surface area contributed by atoms with Gasteiger partial charge in [0.1, 0.15) is 4.32 Å². The molecule has 136 valence electrons. The standard InChI is InChI=1S/C16H17F2NO4S2/c1-21-8-4-7-19-14(20)12(25-16(19)24)9-10-5-3-6-11(22-2)13(10)23-15(17)18/h3,5-6,9,15H,4,7-8H2,1-2H3. The van der Waals surface area contributed by atoms with Crippen LogP contribution in [0.1, 0.15) is 12.0 Å². The molecule has 2 rings (SSSR count). The number of carbonyl (C=O) groups is 1. The zero-order chi connectivity index (χ0) is 18.4. The topological polar surface area (TPSA) is 48.0 Å². The van der Waals surface area contributed by atoms with Crippen molar-refractivity contribution < 1.29 is 27.8 Å². The van der Waals surface area contributed by atoms with Gasteiger partial charge in [-0.05, 0) is 18.6 Å². The molecule has 1 fully saturated rings. The lowest BCUT2D eigenvalue weighted by Gasteiger charge is -2.14. The van der Waals surface area contributed by atoms with Crippen LogP contribution in [0.3, 0.4) is 0 Å². The minimum atomic E-state index is -3.01. The van der Waals surface area contributed by atoms with Gasteiger partial charge in [-0.1, -0.05) is 36.1 Å². The molecule has 0 bridgehead atoms. The lowest BCUT2D eigenvalue weighted by atomic mass is 10.1. The summed E-state index contributed by atoms with van der Waals surface area (Å²) in [6.07, 6.45) is 2.13. The van der Waals surface area contributed by atoms with Crippen molar-refractivity contribution in [2.45, 2.75) is 13.0 Å². The van der Waals surface area contributed by atoms with Gasteiger partial charge in [-0.2, -0.15) is 8.78 Å². The fourth-order valence-electron chi connectivity index (χ4n) is 2.22. The average molecular weight is 389 g/mol. The smallest absolute Gasteiger partial charge is 0.387 e. The van der Waals surface area contributed by atoms with Gasteiger partial charge in [0.05, 0.1) is 12.0 Å². The summed E-state index contributed by atoms with van der Waals surface area (Å²) in [6.45, 7) is -2.06. The van der Waals surface area contributed by atoms with Crippen LogP contribution in [0.4, 0.5) is 8.78 Å². The second kappa shape index (κ2) is 9.12. The maximum Gasteiger partial charge on any atom is 0.387 e. The van der Waals surface area contributed by atoms with E-state index in [1.165, 1.54) is 24.2 Å². The second-order valence-corrected chi connectivity index (χ2v) is 6.61. The number of thioether (sulfide) groups is 1. The van der Waals surface area contributed by atoms with E-state index in [-0.39, 0.29) is 17.4 Å². The van der Waals surface area contributed by atoms with E-state index in [9.17, 15) is 13.6 Å². The number of ether oxygens (including phenoxy) is 3. The molecule has 0 saturated carbocycles. The van der Waals surface area contributed by atoms with Gasteiger partial charge in [0.2, 0.25) is 0 Å². The number of rotatable bonds is 8. The van der Waals surface area contributed by atoms with Gasteiger partial charge in [0.25, 0.3) is 5.91 Å². The van der Waals surface area contributed by atoms with E-state index in [1.54, 1.807) is 19.2 Å². The maximum absolute atomic E-state index is 12.7. The Labute approximate surface area is 153 Å². The molecule has 1 amide bonds. The van der Waals surface area contributed by atoms with E-state index in [4.69, 9.17) is 21.7 Å². The summed E-state index contributed by atoms with van der Waals surface area (Å²) in [7, 11) is 2.93. The summed E-state index contributed by atoms with van der Waals surface area (Å²) in [5.74, 6) is -0.230. The highest BCUT2D eigenvalue weighted by Gasteiger charge is 2.32. The largest absolute Gasteiger partial charge is 0.493 e. The number of thiocarbonyl (C=S) groups is 1. The number of nitrogens with zero attached hydrogens (tertiary/aromatic N) is 1. The number of carbonyl (C=O) groups excluding carboxylic acids is 1. The van der Waals surface area contributed by atoms with Gasteiger partial charge in [0, 0.05) is 25.8 Å². The van der Waals surface area contributed by atoms with Crippen LogP contribution in [0.25, 0.3) is 6.08 Å². The summed E-state index contributed by atoms with van der Waals surface area (Å²) < 4.78 is 40.4. The summed E-state index contributed by atoms with van der Waals surface area (Å²) in [5, 5.41) is 0. The minimum Gasteiger partial charge on any atom is -0.493 e. The molecule has 1 heterocycles. The van der Waals surface area contributed by atoms with Crippen molar-refractivity contribution in [1.29, 1.82) is 0 Å². The lowest BCUT2D eigenvalue weighted by molar-refractivity contribution is -0.122. The molecule has 1 saturated heterocycles. The van der Waals surface area contributed by atoms with Gasteiger partial charge < -0.3 is 14.2 Å². The zero-order valence-electron chi connectivity index (χ0n) is 13.7. The normalized spacial score (nSPS) is 16.2. The van der Waals surface area contributed by atoms with Crippen molar-refractivity contribution >= 4 is 40.3 Å². The third-order valence-electron chi connectivity index (χ3n) is 3.33. The number of hydrogen-bond donors (Lipinski definition) is 0. The molecule has 1 aliphatic heterocycles. The summed E-state index contributed by atoms with van der Waals surface area (Å²) in [6, 6.07) is 4.70. The molecular formula is C16H17F2NO4S2. The molecule has 0 atom stereocenters. The van der Waals surface area contributed by atoms with Crippen LogP contribution in [-0.4, -0.2) is 49.1 Å². The SMILES string of the molecule is COCCCN1C(=O)C(=Cc2cccc(OC)c2OC(F)F)SC1=S. The molecule has 1 aromatic rings. The average Bonchev–Trinajstić information content (AvgIpc) is 2.83. The Kier molecular flexibility index (Phi) is 7.15. The van der Waals surface area contributed by atoms with Crippen LogP contribution in [-0.2, 0) is 9.53 Å². The zero-order valence-corrected chi connectivity index (χ0v) is 15.3. The Morgan fingerprint density at radius 3 is 2.76 bits per heavy atom. The Balaban J connectivity index is 2.28. The first-order valence-electron chi connectivity index (χ1n) is 7.34. The molecule has 5 nitrogen and oxygen atoms in total. The Bertz CT molecular complexity index is 682. The van der Waals surface area contributed by atoms with E-state index in [0.717, 1.165) is 11.8 Å². The molecule has 0 unspecified atom stereocenters. The molecule has 9 heteroatoms. The molecule has 0 N–H and O–H groups in total. The van der Waals surface area contributed by atoms with Gasteiger partial charge in [-0.15, -0.1) is 0 Å². The maximum atomic E-state index is 12.7. The van der Waals surface area contributed by atoms with Crippen molar-refractivity contribution in [3.63, 3.8) is 0 Å². The number of para-hydroxylation sites is 1. The van der Waals surface area contributed by atoms with Gasteiger partial charge in [-0.3, -0.25) is 9.69 Å². The van der Waals surface area contributed by atoms with E-state index in [1.807, 2.05) is 0 Å². The molecule has 1 aliphatic rings. The first-order valence-corrected chi connectivity index (χ1v) is 8.56. The predicted octanol–water partition coefficient (Wildman–Crippen LogP) is 3.53. The van der Waals surface area contributed by atoms with Crippen molar-refractivity contribution in [3.05, 3.63) is 28.7 Å². The van der Waals surface area contributed by atoms with E-state index in [0.29, 0.717) is 34.4 Å². The van der Waals surface area contributed by atoms with E-state index >= 15 is 0 Å². The molecule has 0 radical (unpaired) electrons. The van der Waals surface area contributed by atoms with Gasteiger partial charge in [-0.25, -0.2) is 0 Å². The van der Waals surface area contributed by atoms with Gasteiger partial charge >= 0.3 is 6.61 Å². The number of benzene rings is 1. The molecule has 25 heavy (non-hydrogen) atoms. The van der Waals surface area contributed by atoms with Crippen molar-refractivity contribution in [2.75, 3.05) is 27.4 Å². The van der Waals surface area contributed by atoms with Crippen molar-refractivity contribution in [3.8, 4) is 11.5 Å². The molecular weight excluding hydrogens is 372 g/mol. The number of alkyl halides is 2. The number of hydrogen-bond acceptors (Lipinski definition) is 6. The lowest BCUT2D eigenvalue weighted by Crippen LogP contribution is -2.29.